The van der Waals surface area contributed by atoms with Crippen molar-refractivity contribution in [1.29, 1.82) is 0 Å². The molecule has 2 N–H and O–H groups in total. The lowest BCUT2D eigenvalue weighted by Gasteiger charge is -2.10. The zero-order chi connectivity index (χ0) is 10.1. The van der Waals surface area contributed by atoms with Gasteiger partial charge in [-0.2, -0.15) is 0 Å². The maximum atomic E-state index is 10.9. The van der Waals surface area contributed by atoms with Crippen molar-refractivity contribution < 1.29 is 8.76 Å². The smallest absolute Gasteiger partial charge is 0.0394 e. The normalized spacial score (nSPS) is 12.9. The number of fused-ring (bicyclic) bond motifs is 1. The van der Waals surface area contributed by atoms with Gasteiger partial charge in [0.1, 0.15) is 0 Å². The number of rotatable bonds is 1. The van der Waals surface area contributed by atoms with E-state index in [0.29, 0.717) is 11.1 Å². The number of anilines is 1. The molecule has 4 heteroatoms. The summed E-state index contributed by atoms with van der Waals surface area (Å²) in [6.07, 6.45) is 0. The summed E-state index contributed by atoms with van der Waals surface area (Å²) >= 11 is -2.22. The van der Waals surface area contributed by atoms with Gasteiger partial charge < -0.3 is 10.3 Å². The maximum absolute atomic E-state index is 10.9. The largest absolute Gasteiger partial charge is 0.768 e. The molecular weight excluding hydrogens is 198 g/mol. The third-order valence-electron chi connectivity index (χ3n) is 2.10. The Bertz CT molecular complexity index is 510. The minimum atomic E-state index is -2.22. The van der Waals surface area contributed by atoms with Crippen LogP contribution in [-0.4, -0.2) is 8.76 Å². The number of hydrogen-bond acceptors (Lipinski definition) is 3. The summed E-state index contributed by atoms with van der Waals surface area (Å²) in [5.41, 5.74) is 6.32. The molecule has 2 aromatic rings. The number of nitrogens with two attached hydrogens (primary N) is 1. The van der Waals surface area contributed by atoms with Crippen LogP contribution in [0, 0.1) is 0 Å². The van der Waals surface area contributed by atoms with Crippen LogP contribution in [0.2, 0.25) is 0 Å². The fourth-order valence-corrected chi connectivity index (χ4v) is 1.98. The summed E-state index contributed by atoms with van der Waals surface area (Å²) in [4.78, 5) is 0.287. The van der Waals surface area contributed by atoms with Crippen LogP contribution in [0.15, 0.2) is 41.3 Å². The van der Waals surface area contributed by atoms with Crippen molar-refractivity contribution in [2.75, 3.05) is 5.73 Å². The molecule has 0 aliphatic carbocycles. The van der Waals surface area contributed by atoms with Gasteiger partial charge in [-0.1, -0.05) is 24.3 Å². The third-order valence-corrected chi connectivity index (χ3v) is 2.81. The van der Waals surface area contributed by atoms with Gasteiger partial charge in [0.05, 0.1) is 0 Å². The Morgan fingerprint density at radius 3 is 2.36 bits per heavy atom. The summed E-state index contributed by atoms with van der Waals surface area (Å²) in [6, 6.07) is 10.3. The highest BCUT2D eigenvalue weighted by atomic mass is 32.2. The summed E-state index contributed by atoms with van der Waals surface area (Å²) in [7, 11) is 0. The highest BCUT2D eigenvalue weighted by Gasteiger charge is 2.02. The topological polar surface area (TPSA) is 66.2 Å². The van der Waals surface area contributed by atoms with Gasteiger partial charge in [0.2, 0.25) is 0 Å². The summed E-state index contributed by atoms with van der Waals surface area (Å²) in [5.74, 6) is 0. The maximum Gasteiger partial charge on any atom is 0.0394 e. The lowest BCUT2D eigenvalue weighted by Crippen LogP contribution is -1.93. The first-order valence-corrected chi connectivity index (χ1v) is 5.14. The number of nitrogen functional groups attached to an aromatic ring is 1. The van der Waals surface area contributed by atoms with Crippen molar-refractivity contribution in [3.63, 3.8) is 0 Å². The van der Waals surface area contributed by atoms with E-state index in [1.807, 2.05) is 6.07 Å². The van der Waals surface area contributed by atoms with Gasteiger partial charge in [-0.15, -0.1) is 0 Å². The van der Waals surface area contributed by atoms with Gasteiger partial charge in [0, 0.05) is 16.0 Å². The third kappa shape index (κ3) is 1.38. The van der Waals surface area contributed by atoms with E-state index in [-0.39, 0.29) is 4.90 Å². The van der Waals surface area contributed by atoms with Crippen molar-refractivity contribution >= 4 is 27.5 Å². The standard InChI is InChI=1S/C10H9NO2S/c11-9-5-6-10(14(12)13)8-4-2-1-3-7(8)9/h1-6H,11H2,(H,12,13)/p-1. The van der Waals surface area contributed by atoms with E-state index < -0.39 is 11.1 Å². The van der Waals surface area contributed by atoms with Gasteiger partial charge in [0.25, 0.3) is 0 Å². The second-order valence-electron chi connectivity index (χ2n) is 2.93. The van der Waals surface area contributed by atoms with Crippen LogP contribution in [0.3, 0.4) is 0 Å². The quantitative estimate of drug-likeness (QED) is 0.570. The molecule has 72 valence electrons. The van der Waals surface area contributed by atoms with Crippen LogP contribution in [0.1, 0.15) is 0 Å². The van der Waals surface area contributed by atoms with E-state index >= 15 is 0 Å². The molecule has 0 aliphatic rings. The van der Waals surface area contributed by atoms with Crippen molar-refractivity contribution in [1.82, 2.24) is 0 Å². The van der Waals surface area contributed by atoms with Crippen LogP contribution in [-0.2, 0) is 11.1 Å². The molecule has 0 heterocycles. The molecule has 0 amide bonds. The summed E-state index contributed by atoms with van der Waals surface area (Å²) in [6.45, 7) is 0. The van der Waals surface area contributed by atoms with Crippen molar-refractivity contribution in [3.8, 4) is 0 Å². The van der Waals surface area contributed by atoms with Crippen LogP contribution < -0.4 is 5.73 Å². The van der Waals surface area contributed by atoms with Crippen LogP contribution in [0.25, 0.3) is 10.8 Å². The highest BCUT2D eigenvalue weighted by Crippen LogP contribution is 2.25. The lowest BCUT2D eigenvalue weighted by atomic mass is 10.1. The number of benzene rings is 2. The van der Waals surface area contributed by atoms with E-state index in [4.69, 9.17) is 5.73 Å². The Kier molecular flexibility index (Phi) is 2.23. The molecule has 0 aliphatic heterocycles. The monoisotopic (exact) mass is 206 g/mol. The van der Waals surface area contributed by atoms with Gasteiger partial charge in [-0.3, -0.25) is 4.21 Å². The average Bonchev–Trinajstić information content (AvgIpc) is 2.18. The van der Waals surface area contributed by atoms with Gasteiger partial charge in [-0.05, 0) is 28.6 Å². The molecule has 0 saturated heterocycles. The second-order valence-corrected chi connectivity index (χ2v) is 3.84. The van der Waals surface area contributed by atoms with Crippen molar-refractivity contribution in [2.24, 2.45) is 0 Å². The Balaban J connectivity index is 2.88. The molecule has 1 unspecified atom stereocenters. The molecular formula is C10H8NO2S-. The van der Waals surface area contributed by atoms with Crippen LogP contribution in [0.4, 0.5) is 5.69 Å². The average molecular weight is 206 g/mol. The lowest BCUT2D eigenvalue weighted by molar-refractivity contribution is 0.538. The Hall–Kier alpha value is -1.39. The van der Waals surface area contributed by atoms with Crippen LogP contribution >= 0.6 is 0 Å². The molecule has 0 saturated carbocycles. The summed E-state index contributed by atoms with van der Waals surface area (Å²) < 4.78 is 21.8. The van der Waals surface area contributed by atoms with Gasteiger partial charge in [-0.25, -0.2) is 0 Å². The number of hydrogen-bond donors (Lipinski definition) is 1. The van der Waals surface area contributed by atoms with E-state index in [1.54, 1.807) is 24.3 Å². The molecule has 0 fully saturated rings. The van der Waals surface area contributed by atoms with E-state index in [9.17, 15) is 8.76 Å². The first-order valence-electron chi connectivity index (χ1n) is 4.06. The van der Waals surface area contributed by atoms with Crippen LogP contribution in [0.5, 0.6) is 0 Å². The van der Waals surface area contributed by atoms with Crippen molar-refractivity contribution in [3.05, 3.63) is 36.4 Å². The Morgan fingerprint density at radius 2 is 1.71 bits per heavy atom. The minimum absolute atomic E-state index is 0.287. The highest BCUT2D eigenvalue weighted by molar-refractivity contribution is 7.79. The van der Waals surface area contributed by atoms with Gasteiger partial charge >= 0.3 is 0 Å². The molecule has 2 rings (SSSR count). The molecule has 2 aromatic carbocycles. The molecule has 1 atom stereocenters. The minimum Gasteiger partial charge on any atom is -0.768 e. The predicted octanol–water partition coefficient (Wildman–Crippen LogP) is 1.66. The van der Waals surface area contributed by atoms with E-state index in [2.05, 4.69) is 0 Å². The molecule has 0 spiro atoms. The predicted molar refractivity (Wildman–Crippen MR) is 55.5 cm³/mol. The zero-order valence-corrected chi connectivity index (χ0v) is 8.08. The first-order chi connectivity index (χ1) is 6.70. The second kappa shape index (κ2) is 3.40. The SMILES string of the molecule is Nc1ccc(S(=O)[O-])c2ccccc12. The fraction of sp³-hybridized carbons (Fsp3) is 0. The Morgan fingerprint density at radius 1 is 1.07 bits per heavy atom. The fourth-order valence-electron chi connectivity index (χ4n) is 1.44. The van der Waals surface area contributed by atoms with E-state index in [0.717, 1.165) is 5.39 Å². The van der Waals surface area contributed by atoms with Gasteiger partial charge in [0.15, 0.2) is 0 Å². The zero-order valence-electron chi connectivity index (χ0n) is 7.27. The molecule has 0 radical (unpaired) electrons. The first kappa shape index (κ1) is 9.18. The molecule has 0 bridgehead atoms. The molecule has 0 aromatic heterocycles. The van der Waals surface area contributed by atoms with Crippen molar-refractivity contribution in [2.45, 2.75) is 4.90 Å². The Labute approximate surface area is 83.8 Å². The summed E-state index contributed by atoms with van der Waals surface area (Å²) in [5, 5.41) is 1.44. The van der Waals surface area contributed by atoms with E-state index in [1.165, 1.54) is 6.07 Å². The molecule has 3 nitrogen and oxygen atoms in total. The molecule has 14 heavy (non-hydrogen) atoms.